The van der Waals surface area contributed by atoms with Crippen molar-refractivity contribution >= 4 is 12.0 Å². The number of hydrogen-bond acceptors (Lipinski definition) is 6. The van der Waals surface area contributed by atoms with Crippen LogP contribution < -0.4 is 15.4 Å². The lowest BCUT2D eigenvalue weighted by molar-refractivity contribution is -0.139. The number of nitrogens with one attached hydrogen (secondary N) is 2. The summed E-state index contributed by atoms with van der Waals surface area (Å²) in [4.78, 5) is 26.8. The molecule has 29 heavy (non-hydrogen) atoms. The normalized spacial score (nSPS) is 16.4. The summed E-state index contributed by atoms with van der Waals surface area (Å²) < 4.78 is 16.4. The summed E-state index contributed by atoms with van der Waals surface area (Å²) in [6, 6.07) is 11.8. The van der Waals surface area contributed by atoms with Crippen LogP contribution in [0.15, 0.2) is 64.4 Å². The lowest BCUT2D eigenvalue weighted by atomic mass is 10.00. The maximum Gasteiger partial charge on any atom is 0.338 e. The van der Waals surface area contributed by atoms with Crippen molar-refractivity contribution in [3.05, 3.63) is 65.8 Å². The Morgan fingerprint density at radius 3 is 2.69 bits per heavy atom. The number of para-hydroxylation sites is 1. The lowest BCUT2D eigenvalue weighted by Gasteiger charge is -2.29. The first-order valence-corrected chi connectivity index (χ1v) is 9.46. The Morgan fingerprint density at radius 1 is 1.21 bits per heavy atom. The van der Waals surface area contributed by atoms with Gasteiger partial charge in [-0.1, -0.05) is 18.2 Å². The van der Waals surface area contributed by atoms with Gasteiger partial charge in [-0.25, -0.2) is 9.59 Å². The van der Waals surface area contributed by atoms with Crippen LogP contribution in [0.3, 0.4) is 0 Å². The second kappa shape index (κ2) is 9.79. The van der Waals surface area contributed by atoms with Gasteiger partial charge in [-0.15, -0.1) is 0 Å². The quantitative estimate of drug-likeness (QED) is 0.629. The molecular weight excluding hydrogens is 374 g/mol. The van der Waals surface area contributed by atoms with Crippen molar-refractivity contribution in [1.82, 2.24) is 15.5 Å². The molecule has 0 radical (unpaired) electrons. The summed E-state index contributed by atoms with van der Waals surface area (Å²) in [5, 5.41) is 5.47. The van der Waals surface area contributed by atoms with Crippen molar-refractivity contribution in [2.75, 3.05) is 33.4 Å². The molecule has 1 aliphatic heterocycles. The molecule has 1 unspecified atom stereocenters. The van der Waals surface area contributed by atoms with E-state index in [1.165, 1.54) is 6.26 Å². The number of carbonyl (C=O) groups is 2. The molecule has 2 heterocycles. The fraction of sp³-hybridized carbons (Fsp3) is 0.333. The van der Waals surface area contributed by atoms with Crippen molar-refractivity contribution in [2.24, 2.45) is 0 Å². The number of rotatable bonds is 9. The topological polar surface area (TPSA) is 93.0 Å². The number of furan rings is 1. The number of urea groups is 1. The summed E-state index contributed by atoms with van der Waals surface area (Å²) in [6.07, 6.45) is 1.50. The highest BCUT2D eigenvalue weighted by Gasteiger charge is 2.35. The molecule has 2 amide bonds. The molecule has 1 aliphatic rings. The third-order valence-electron chi connectivity index (χ3n) is 4.39. The van der Waals surface area contributed by atoms with Gasteiger partial charge >= 0.3 is 12.0 Å². The number of hydrogen-bond donors (Lipinski definition) is 2. The summed E-state index contributed by atoms with van der Waals surface area (Å²) in [5.41, 5.74) is 0.813. The van der Waals surface area contributed by atoms with E-state index in [4.69, 9.17) is 13.9 Å². The zero-order chi connectivity index (χ0) is 20.6. The fourth-order valence-corrected chi connectivity index (χ4v) is 3.05. The number of benzene rings is 1. The van der Waals surface area contributed by atoms with Crippen LogP contribution in [-0.2, 0) is 9.53 Å². The van der Waals surface area contributed by atoms with E-state index in [0.717, 1.165) is 5.75 Å². The molecule has 8 nitrogen and oxygen atoms in total. The van der Waals surface area contributed by atoms with Crippen LogP contribution >= 0.6 is 0 Å². The molecule has 8 heteroatoms. The molecule has 0 saturated heterocycles. The number of ether oxygens (including phenoxy) is 2. The van der Waals surface area contributed by atoms with Crippen molar-refractivity contribution in [3.8, 4) is 5.75 Å². The summed E-state index contributed by atoms with van der Waals surface area (Å²) in [6.45, 7) is 3.38. The number of amides is 2. The predicted octanol–water partition coefficient (Wildman–Crippen LogP) is 2.46. The summed E-state index contributed by atoms with van der Waals surface area (Å²) in [5.74, 6) is 0.765. The molecule has 2 aromatic rings. The molecule has 0 bridgehead atoms. The third-order valence-corrected chi connectivity index (χ3v) is 4.39. The Labute approximate surface area is 169 Å². The van der Waals surface area contributed by atoms with Gasteiger partial charge in [-0.2, -0.15) is 0 Å². The van der Waals surface area contributed by atoms with E-state index >= 15 is 0 Å². The SMILES string of the molecule is CCOC(=O)C1=C(CN(C)CCOc2ccccc2)NC(=O)NC1c1ccco1. The van der Waals surface area contributed by atoms with E-state index in [-0.39, 0.29) is 6.61 Å². The highest BCUT2D eigenvalue weighted by Crippen LogP contribution is 2.28. The van der Waals surface area contributed by atoms with Gasteiger partial charge in [0.25, 0.3) is 0 Å². The van der Waals surface area contributed by atoms with E-state index in [2.05, 4.69) is 10.6 Å². The smallest absolute Gasteiger partial charge is 0.338 e. The maximum atomic E-state index is 12.6. The van der Waals surface area contributed by atoms with Gasteiger partial charge in [0.2, 0.25) is 0 Å². The standard InChI is InChI=1S/C21H25N3O5/c1-3-27-20(25)18-16(22-21(26)23-19(18)17-10-7-12-29-17)14-24(2)11-13-28-15-8-5-4-6-9-15/h4-10,12,19H,3,11,13-14H2,1-2H3,(H2,22,23,26). The van der Waals surface area contributed by atoms with Gasteiger partial charge in [0.05, 0.1) is 18.4 Å². The molecule has 1 atom stereocenters. The van der Waals surface area contributed by atoms with E-state index in [1.807, 2.05) is 42.3 Å². The second-order valence-electron chi connectivity index (χ2n) is 6.56. The molecule has 1 aromatic carbocycles. The van der Waals surface area contributed by atoms with Crippen molar-refractivity contribution in [3.63, 3.8) is 0 Å². The molecule has 0 fully saturated rings. The molecule has 1 aromatic heterocycles. The first kappa shape index (κ1) is 20.5. The number of likely N-dealkylation sites (N-methyl/N-ethyl adjacent to an activating group) is 1. The van der Waals surface area contributed by atoms with Gasteiger partial charge in [0, 0.05) is 18.8 Å². The molecule has 0 saturated carbocycles. The van der Waals surface area contributed by atoms with Gasteiger partial charge in [-0.3, -0.25) is 4.90 Å². The van der Waals surface area contributed by atoms with Crippen molar-refractivity contribution in [1.29, 1.82) is 0 Å². The minimum atomic E-state index is -0.707. The average Bonchev–Trinajstić information content (AvgIpc) is 3.23. The first-order chi connectivity index (χ1) is 14.1. The minimum absolute atomic E-state index is 0.231. The number of esters is 1. The highest BCUT2D eigenvalue weighted by atomic mass is 16.5. The molecular formula is C21H25N3O5. The third kappa shape index (κ3) is 5.39. The van der Waals surface area contributed by atoms with Crippen molar-refractivity contribution < 1.29 is 23.5 Å². The molecule has 0 aliphatic carbocycles. The monoisotopic (exact) mass is 399 g/mol. The zero-order valence-corrected chi connectivity index (χ0v) is 16.5. The van der Waals surface area contributed by atoms with E-state index < -0.39 is 18.0 Å². The first-order valence-electron chi connectivity index (χ1n) is 9.46. The summed E-state index contributed by atoms with van der Waals surface area (Å²) in [7, 11) is 1.89. The van der Waals surface area contributed by atoms with Gasteiger partial charge in [0.1, 0.15) is 24.2 Å². The maximum absolute atomic E-state index is 12.6. The Hall–Kier alpha value is -3.26. The van der Waals surface area contributed by atoms with E-state index in [9.17, 15) is 9.59 Å². The lowest BCUT2D eigenvalue weighted by Crippen LogP contribution is -2.48. The van der Waals surface area contributed by atoms with Crippen LogP contribution in [0.1, 0.15) is 18.7 Å². The van der Waals surface area contributed by atoms with E-state index in [1.54, 1.807) is 19.1 Å². The van der Waals surface area contributed by atoms with Crippen LogP contribution in [0.4, 0.5) is 4.79 Å². The molecule has 154 valence electrons. The van der Waals surface area contributed by atoms with E-state index in [0.29, 0.717) is 36.7 Å². The Balaban J connectivity index is 1.73. The fourth-order valence-electron chi connectivity index (χ4n) is 3.05. The van der Waals surface area contributed by atoms with Crippen LogP contribution in [0.25, 0.3) is 0 Å². The van der Waals surface area contributed by atoms with Crippen LogP contribution in [-0.4, -0.2) is 50.3 Å². The summed E-state index contributed by atoms with van der Waals surface area (Å²) >= 11 is 0. The van der Waals surface area contributed by atoms with Gasteiger partial charge in [-0.05, 0) is 38.2 Å². The van der Waals surface area contributed by atoms with Crippen LogP contribution in [0.2, 0.25) is 0 Å². The number of nitrogens with zero attached hydrogens (tertiary/aromatic N) is 1. The Bertz CT molecular complexity index is 848. The van der Waals surface area contributed by atoms with Gasteiger partial charge in [0.15, 0.2) is 0 Å². The molecule has 3 rings (SSSR count). The Morgan fingerprint density at radius 2 is 2.00 bits per heavy atom. The van der Waals surface area contributed by atoms with Crippen LogP contribution in [0.5, 0.6) is 5.75 Å². The van der Waals surface area contributed by atoms with Crippen LogP contribution in [0, 0.1) is 0 Å². The average molecular weight is 399 g/mol. The number of carbonyl (C=O) groups excluding carboxylic acids is 2. The molecule has 0 spiro atoms. The second-order valence-corrected chi connectivity index (χ2v) is 6.56. The predicted molar refractivity (Wildman–Crippen MR) is 106 cm³/mol. The largest absolute Gasteiger partial charge is 0.492 e. The highest BCUT2D eigenvalue weighted by molar-refractivity contribution is 5.95. The Kier molecular flexibility index (Phi) is 6.91. The zero-order valence-electron chi connectivity index (χ0n) is 16.5. The van der Waals surface area contributed by atoms with Crippen molar-refractivity contribution in [2.45, 2.75) is 13.0 Å². The molecule has 2 N–H and O–H groups in total. The minimum Gasteiger partial charge on any atom is -0.492 e. The van der Waals surface area contributed by atoms with Gasteiger partial charge < -0.3 is 24.5 Å².